The van der Waals surface area contributed by atoms with E-state index in [1.54, 1.807) is 12.1 Å². The Bertz CT molecular complexity index is 1210. The van der Waals surface area contributed by atoms with Crippen molar-refractivity contribution in [3.63, 3.8) is 0 Å². The number of rotatable bonds is 8. The summed E-state index contributed by atoms with van der Waals surface area (Å²) < 4.78 is 16.8. The van der Waals surface area contributed by atoms with E-state index in [2.05, 4.69) is 37.6 Å². The van der Waals surface area contributed by atoms with Crippen LogP contribution in [0, 0.1) is 18.7 Å². The lowest BCUT2D eigenvalue weighted by Gasteiger charge is -2.34. The first-order valence-electron chi connectivity index (χ1n) is 12.4. The third kappa shape index (κ3) is 5.25. The topological polar surface area (TPSA) is 60.7 Å². The average Bonchev–Trinajstić information content (AvgIpc) is 3.66. The van der Waals surface area contributed by atoms with Crippen molar-refractivity contribution in [2.24, 2.45) is 5.92 Å². The molecule has 1 amide bonds. The van der Waals surface area contributed by atoms with E-state index in [1.807, 2.05) is 17.0 Å². The average molecular weight is 543 g/mol. The fourth-order valence-corrected chi connectivity index (χ4v) is 5.43. The van der Waals surface area contributed by atoms with Gasteiger partial charge in [-0.3, -0.25) is 9.69 Å². The number of halogens is 2. The highest BCUT2D eigenvalue weighted by molar-refractivity contribution is 9.10. The number of aliphatic hydroxyl groups is 1. The van der Waals surface area contributed by atoms with Gasteiger partial charge in [0.2, 0.25) is 0 Å². The van der Waals surface area contributed by atoms with Gasteiger partial charge in [0, 0.05) is 66.9 Å². The summed E-state index contributed by atoms with van der Waals surface area (Å²) in [6.45, 7) is 7.26. The van der Waals surface area contributed by atoms with Crippen LogP contribution < -0.4 is 5.32 Å². The molecule has 1 aromatic heterocycles. The predicted octanol–water partition coefficient (Wildman–Crippen LogP) is 4.62. The Balaban J connectivity index is 1.48. The maximum Gasteiger partial charge on any atom is 0.254 e. The molecule has 2 aliphatic rings. The number of nitrogens with one attached hydrogen (secondary N) is 1. The molecule has 1 saturated heterocycles. The van der Waals surface area contributed by atoms with Crippen molar-refractivity contribution in [1.29, 1.82) is 0 Å². The number of anilines is 1. The minimum absolute atomic E-state index is 0.0277. The Morgan fingerprint density at radius 3 is 2.51 bits per heavy atom. The molecule has 0 spiro atoms. The van der Waals surface area contributed by atoms with Gasteiger partial charge in [0.15, 0.2) is 0 Å². The number of β-amino-alcohol motifs (C(OH)–C–C–N with tert-alkyl or cyclic N) is 1. The summed E-state index contributed by atoms with van der Waals surface area (Å²) in [5.74, 6) is 0.484. The van der Waals surface area contributed by atoms with Crippen LogP contribution in [0.4, 0.5) is 10.1 Å². The lowest BCUT2D eigenvalue weighted by molar-refractivity contribution is 0.0615. The first-order chi connectivity index (χ1) is 16.9. The van der Waals surface area contributed by atoms with Crippen molar-refractivity contribution in [1.82, 2.24) is 14.4 Å². The fraction of sp³-hybridized carbons (Fsp3) is 0.444. The zero-order valence-corrected chi connectivity index (χ0v) is 21.7. The van der Waals surface area contributed by atoms with Gasteiger partial charge in [0.25, 0.3) is 5.91 Å². The van der Waals surface area contributed by atoms with Crippen LogP contribution in [-0.2, 0) is 13.1 Å². The van der Waals surface area contributed by atoms with Gasteiger partial charge in [0.05, 0.1) is 17.8 Å². The van der Waals surface area contributed by atoms with Crippen molar-refractivity contribution in [2.45, 2.75) is 32.9 Å². The van der Waals surface area contributed by atoms with Gasteiger partial charge in [0.1, 0.15) is 5.82 Å². The van der Waals surface area contributed by atoms with Crippen LogP contribution >= 0.6 is 15.9 Å². The fourth-order valence-electron chi connectivity index (χ4n) is 4.92. The smallest absolute Gasteiger partial charge is 0.254 e. The molecular weight excluding hydrogens is 511 g/mol. The predicted molar refractivity (Wildman–Crippen MR) is 140 cm³/mol. The summed E-state index contributed by atoms with van der Waals surface area (Å²) in [7, 11) is 0. The molecule has 2 heterocycles. The van der Waals surface area contributed by atoms with Crippen LogP contribution in [-0.4, -0.2) is 64.7 Å². The van der Waals surface area contributed by atoms with Crippen molar-refractivity contribution in [2.75, 3.05) is 44.6 Å². The number of benzene rings is 2. The van der Waals surface area contributed by atoms with Crippen LogP contribution in [0.2, 0.25) is 0 Å². The van der Waals surface area contributed by atoms with Crippen molar-refractivity contribution < 1.29 is 14.3 Å². The molecule has 3 aromatic rings. The largest absolute Gasteiger partial charge is 0.395 e. The molecule has 1 aliphatic heterocycles. The molecule has 0 radical (unpaired) electrons. The molecule has 1 saturated carbocycles. The molecule has 2 fully saturated rings. The number of hydrogen-bond donors (Lipinski definition) is 2. The SMILES string of the molecule is Cc1c(Br)c2cc(C(=O)N3CCN(CCO)CC3)cc(NCc3ccc(F)cc3)c2n1CC1CC1. The van der Waals surface area contributed by atoms with E-state index in [0.29, 0.717) is 37.7 Å². The van der Waals surface area contributed by atoms with Crippen molar-refractivity contribution >= 4 is 38.4 Å². The van der Waals surface area contributed by atoms with E-state index in [4.69, 9.17) is 0 Å². The number of hydrogen-bond acceptors (Lipinski definition) is 4. The Hall–Kier alpha value is -2.42. The van der Waals surface area contributed by atoms with Crippen molar-refractivity contribution in [3.8, 4) is 0 Å². The quantitative estimate of drug-likeness (QED) is 0.436. The van der Waals surface area contributed by atoms with E-state index < -0.39 is 0 Å². The van der Waals surface area contributed by atoms with Crippen LogP contribution in [0.3, 0.4) is 0 Å². The molecule has 0 atom stereocenters. The maximum atomic E-state index is 13.5. The normalized spacial score (nSPS) is 16.7. The minimum atomic E-state index is -0.249. The van der Waals surface area contributed by atoms with Crippen LogP contribution in [0.1, 0.15) is 34.5 Å². The molecule has 5 rings (SSSR count). The van der Waals surface area contributed by atoms with E-state index in [1.165, 1.54) is 30.7 Å². The first-order valence-corrected chi connectivity index (χ1v) is 13.2. The van der Waals surface area contributed by atoms with Gasteiger partial charge in [-0.1, -0.05) is 12.1 Å². The van der Waals surface area contributed by atoms with Gasteiger partial charge in [-0.25, -0.2) is 4.39 Å². The molecule has 186 valence electrons. The Kier molecular flexibility index (Phi) is 7.14. The number of piperazine rings is 1. The number of aromatic nitrogens is 1. The summed E-state index contributed by atoms with van der Waals surface area (Å²) in [4.78, 5) is 17.6. The van der Waals surface area contributed by atoms with E-state index >= 15 is 0 Å². The molecule has 8 heteroatoms. The molecule has 2 aromatic carbocycles. The highest BCUT2D eigenvalue weighted by Crippen LogP contribution is 2.40. The van der Waals surface area contributed by atoms with Crippen molar-refractivity contribution in [3.05, 3.63) is 63.5 Å². The third-order valence-corrected chi connectivity index (χ3v) is 8.20. The lowest BCUT2D eigenvalue weighted by atomic mass is 10.1. The molecule has 1 aliphatic carbocycles. The molecule has 0 bridgehead atoms. The van der Waals surface area contributed by atoms with Gasteiger partial charge < -0.3 is 19.9 Å². The number of amides is 1. The Morgan fingerprint density at radius 2 is 1.86 bits per heavy atom. The molecule has 2 N–H and O–H groups in total. The van der Waals surface area contributed by atoms with E-state index in [0.717, 1.165) is 46.3 Å². The summed E-state index contributed by atoms with van der Waals surface area (Å²) in [6.07, 6.45) is 2.52. The Morgan fingerprint density at radius 1 is 1.14 bits per heavy atom. The van der Waals surface area contributed by atoms with Gasteiger partial charge in [-0.2, -0.15) is 0 Å². The second kappa shape index (κ2) is 10.3. The zero-order valence-electron chi connectivity index (χ0n) is 20.1. The summed E-state index contributed by atoms with van der Waals surface area (Å²) >= 11 is 3.81. The molecular formula is C27H32BrFN4O2. The summed E-state index contributed by atoms with van der Waals surface area (Å²) in [5, 5.41) is 13.8. The number of fused-ring (bicyclic) bond motifs is 1. The van der Waals surface area contributed by atoms with E-state index in [-0.39, 0.29) is 18.3 Å². The van der Waals surface area contributed by atoms with Crippen LogP contribution in [0.15, 0.2) is 40.9 Å². The van der Waals surface area contributed by atoms with Crippen LogP contribution in [0.25, 0.3) is 10.9 Å². The number of carbonyl (C=O) groups is 1. The number of aliphatic hydroxyl groups excluding tert-OH is 1. The second-order valence-electron chi connectivity index (χ2n) is 9.71. The zero-order chi connectivity index (χ0) is 24.5. The molecule has 35 heavy (non-hydrogen) atoms. The maximum absolute atomic E-state index is 13.5. The van der Waals surface area contributed by atoms with E-state index in [9.17, 15) is 14.3 Å². The van der Waals surface area contributed by atoms with Gasteiger partial charge in [-0.05, 0) is 71.4 Å². The van der Waals surface area contributed by atoms with Gasteiger partial charge in [-0.15, -0.1) is 0 Å². The molecule has 6 nitrogen and oxygen atoms in total. The molecule has 0 unspecified atom stereocenters. The third-order valence-electron chi connectivity index (χ3n) is 7.20. The minimum Gasteiger partial charge on any atom is -0.395 e. The first kappa shape index (κ1) is 24.3. The highest BCUT2D eigenvalue weighted by Gasteiger charge is 2.27. The number of nitrogens with zero attached hydrogens (tertiary/aromatic N) is 3. The Labute approximate surface area is 213 Å². The van der Waals surface area contributed by atoms with Gasteiger partial charge >= 0.3 is 0 Å². The summed E-state index contributed by atoms with van der Waals surface area (Å²) in [5.41, 5.74) is 4.83. The van der Waals surface area contributed by atoms with Crippen LogP contribution in [0.5, 0.6) is 0 Å². The standard InChI is InChI=1S/C27H32BrFN4O2/c1-18-25(28)23-14-21(27(35)32-10-8-31(9-11-32)12-13-34)15-24(26(23)33(18)17-20-2-3-20)30-16-19-4-6-22(29)7-5-19/h4-7,14-15,20,30,34H,2-3,8-13,16-17H2,1H3. The lowest BCUT2D eigenvalue weighted by Crippen LogP contribution is -2.49. The second-order valence-corrected chi connectivity index (χ2v) is 10.5. The number of carbonyl (C=O) groups excluding carboxylic acids is 1. The highest BCUT2D eigenvalue weighted by atomic mass is 79.9. The monoisotopic (exact) mass is 542 g/mol. The summed E-state index contributed by atoms with van der Waals surface area (Å²) in [6, 6.07) is 10.5.